The minimum atomic E-state index is -5.32. The number of benzene rings is 9. The molecule has 0 radical (unpaired) electrons. The van der Waals surface area contributed by atoms with E-state index >= 15 is 4.57 Å². The zero-order valence-corrected chi connectivity index (χ0v) is 50.9. The Kier molecular flexibility index (Phi) is 15.5. The first-order chi connectivity index (χ1) is 36.9. The Labute approximate surface area is 461 Å². The molecule has 4 nitrogen and oxygen atoms in total. The Morgan fingerprint density at radius 3 is 0.468 bits per heavy atom. The van der Waals surface area contributed by atoms with Gasteiger partial charge in [0.05, 0.1) is 0 Å². The van der Waals surface area contributed by atoms with E-state index in [4.69, 9.17) is 12.9 Å². The Balaban J connectivity index is 1.64. The molecule has 0 bridgehead atoms. The van der Waals surface area contributed by atoms with Gasteiger partial charge in [0.25, 0.3) is 0 Å². The molecule has 0 saturated carbocycles. The average molecular weight is 1100 g/mol. The van der Waals surface area contributed by atoms with Crippen LogP contribution in [0.5, 0.6) is 0 Å². The minimum absolute atomic E-state index is 0.436. The van der Waals surface area contributed by atoms with Crippen molar-refractivity contribution >= 4 is 76.1 Å². The van der Waals surface area contributed by atoms with Crippen LogP contribution in [0.2, 0.25) is 0 Å². The second kappa shape index (κ2) is 21.2. The van der Waals surface area contributed by atoms with E-state index in [0.29, 0.717) is 18.5 Å². The van der Waals surface area contributed by atoms with Gasteiger partial charge in [-0.25, -0.2) is 0 Å². The molecule has 0 spiro atoms. The molecule has 0 saturated heterocycles. The number of phosphoric acid groups is 1. The van der Waals surface area contributed by atoms with Crippen LogP contribution in [0.1, 0.15) is 70.8 Å². The monoisotopic (exact) mass is 1090 g/mol. The summed E-state index contributed by atoms with van der Waals surface area (Å²) in [5, 5.41) is 8.84. The standard InChI is InChI=1S/C69H78O4P4/c1-13-75(61-43-25-16-34-52(61)4,62-44-26-17-35-53(62)5,63-45-27-18-36-54(63)6)71-74(70,72-76(14-2,64-46-28-19-37-55(64)7,65-47-29-20-38-56(65)8)66-48-30-21-39-57(66)9)73-77(15-3,67-49-31-22-40-58(67)10,68-50-32-23-41-59(68)11)69-51-33-24-42-60(69)12/h16-51H,13-15H2,1-12H3. The van der Waals surface area contributed by atoms with Crippen LogP contribution in [0.15, 0.2) is 218 Å². The molecular formula is C69H78O4P4. The molecule has 0 amide bonds. The molecule has 0 aromatic heterocycles. The van der Waals surface area contributed by atoms with Gasteiger partial charge in [-0.1, -0.05) is 0 Å². The Bertz CT molecular complexity index is 2990. The topological polar surface area (TPSA) is 44.8 Å². The molecule has 0 aliphatic rings. The maximum atomic E-state index is 19.9. The first kappa shape index (κ1) is 56.1. The van der Waals surface area contributed by atoms with Gasteiger partial charge in [-0.2, -0.15) is 0 Å². The van der Waals surface area contributed by atoms with Crippen molar-refractivity contribution < 1.29 is 17.5 Å². The molecule has 9 rings (SSSR count). The van der Waals surface area contributed by atoms with E-state index in [1.807, 2.05) is 0 Å². The quantitative estimate of drug-likeness (QED) is 0.0803. The number of aryl methyl sites for hydroxylation is 9. The van der Waals surface area contributed by atoms with E-state index < -0.39 is 28.3 Å². The van der Waals surface area contributed by atoms with Crippen LogP contribution in [0.25, 0.3) is 0 Å². The number of hydrogen-bond donors (Lipinski definition) is 0. The molecule has 0 aliphatic heterocycles. The van der Waals surface area contributed by atoms with Crippen LogP contribution >= 0.6 is 28.3 Å². The first-order valence-electron chi connectivity index (χ1n) is 27.3. The molecule has 8 heteroatoms. The van der Waals surface area contributed by atoms with Gasteiger partial charge in [0.2, 0.25) is 0 Å². The molecule has 77 heavy (non-hydrogen) atoms. The van der Waals surface area contributed by atoms with E-state index in [0.717, 1.165) is 97.8 Å². The summed E-state index contributed by atoms with van der Waals surface area (Å²) < 4.78 is 47.0. The summed E-state index contributed by atoms with van der Waals surface area (Å²) in [5.74, 6) is 0. The Hall–Kier alpha value is -5.62. The van der Waals surface area contributed by atoms with Gasteiger partial charge in [-0.3, -0.25) is 0 Å². The summed E-state index contributed by atoms with van der Waals surface area (Å²) in [6.45, 7) is 12.1. The van der Waals surface area contributed by atoms with Crippen LogP contribution < -0.4 is 47.7 Å². The molecule has 0 heterocycles. The second-order valence-corrected chi connectivity index (χ2v) is 37.7. The van der Waals surface area contributed by atoms with Gasteiger partial charge in [0.1, 0.15) is 0 Å². The molecule has 9 aromatic carbocycles. The van der Waals surface area contributed by atoms with Crippen molar-refractivity contribution in [3.63, 3.8) is 0 Å². The fourth-order valence-corrected chi connectivity index (χ4v) is 41.2. The first-order valence-corrected chi connectivity index (χ1v) is 35.8. The normalized spacial score (nSPS) is 14.5. The molecule has 0 unspecified atom stereocenters. The Morgan fingerprint density at radius 2 is 0.364 bits per heavy atom. The van der Waals surface area contributed by atoms with Gasteiger partial charge in [-0.15, -0.1) is 0 Å². The third-order valence-electron chi connectivity index (χ3n) is 17.3. The van der Waals surface area contributed by atoms with Crippen LogP contribution in [0.3, 0.4) is 0 Å². The summed E-state index contributed by atoms with van der Waals surface area (Å²) in [6.07, 6.45) is 1.31. The summed E-state index contributed by atoms with van der Waals surface area (Å²) in [6, 6.07) is 77.6. The zero-order chi connectivity index (χ0) is 54.9. The SMILES string of the molecule is CCP(OP(=O)(OP(CC)(c1ccccc1C)(c1ccccc1C)c1ccccc1C)OP(CC)(c1ccccc1C)(c1ccccc1C)c1ccccc1C)(c1ccccc1C)(c1ccccc1C)c1ccccc1C. The van der Waals surface area contributed by atoms with E-state index in [-0.39, 0.29) is 0 Å². The van der Waals surface area contributed by atoms with Crippen molar-refractivity contribution in [2.24, 2.45) is 0 Å². The average Bonchev–Trinajstić information content (AvgIpc) is 3.60. The maximum absolute atomic E-state index is 19.9. The van der Waals surface area contributed by atoms with Gasteiger partial charge >= 0.3 is 464 Å². The predicted octanol–water partition coefficient (Wildman–Crippen LogP) is 15.3. The van der Waals surface area contributed by atoms with Gasteiger partial charge in [0, 0.05) is 0 Å². The fraction of sp³-hybridized carbons (Fsp3) is 0.217. The zero-order valence-electron chi connectivity index (χ0n) is 47.3. The van der Waals surface area contributed by atoms with E-state index in [1.165, 1.54) is 0 Å². The Morgan fingerprint density at radius 1 is 0.247 bits per heavy atom. The third-order valence-corrected chi connectivity index (χ3v) is 41.3. The summed E-state index contributed by atoms with van der Waals surface area (Å²) in [5.41, 5.74) is 9.25. The fourth-order valence-electron chi connectivity index (χ4n) is 13.8. The summed E-state index contributed by atoms with van der Waals surface area (Å²) in [4.78, 5) is 0. The molecular weight excluding hydrogens is 1020 g/mol. The van der Waals surface area contributed by atoms with Crippen molar-refractivity contribution in [2.45, 2.75) is 83.1 Å². The number of rotatable bonds is 18. The molecule has 0 aliphatic carbocycles. The van der Waals surface area contributed by atoms with Crippen molar-refractivity contribution in [3.05, 3.63) is 268 Å². The molecule has 398 valence electrons. The van der Waals surface area contributed by atoms with Crippen LogP contribution in [-0.2, 0) is 17.5 Å². The van der Waals surface area contributed by atoms with Gasteiger partial charge in [-0.05, 0) is 0 Å². The second-order valence-electron chi connectivity index (χ2n) is 21.4. The van der Waals surface area contributed by atoms with E-state index in [1.54, 1.807) is 0 Å². The van der Waals surface area contributed by atoms with Crippen molar-refractivity contribution in [1.82, 2.24) is 0 Å². The van der Waals surface area contributed by atoms with Crippen LogP contribution in [0.4, 0.5) is 0 Å². The van der Waals surface area contributed by atoms with Crippen LogP contribution in [0, 0.1) is 62.3 Å². The van der Waals surface area contributed by atoms with Crippen LogP contribution in [-0.4, -0.2) is 18.5 Å². The summed E-state index contributed by atoms with van der Waals surface area (Å²) in [7, 11) is -5.32. The molecule has 9 aromatic rings. The van der Waals surface area contributed by atoms with E-state index in [2.05, 4.69) is 301 Å². The van der Waals surface area contributed by atoms with Crippen molar-refractivity contribution in [1.29, 1.82) is 0 Å². The molecule has 0 atom stereocenters. The molecule has 0 N–H and O–H groups in total. The van der Waals surface area contributed by atoms with Crippen molar-refractivity contribution in [2.75, 3.05) is 18.5 Å². The molecule has 0 fully saturated rings. The van der Waals surface area contributed by atoms with Gasteiger partial charge < -0.3 is 0 Å². The number of hydrogen-bond acceptors (Lipinski definition) is 4. The van der Waals surface area contributed by atoms with Crippen molar-refractivity contribution in [3.8, 4) is 0 Å². The van der Waals surface area contributed by atoms with Gasteiger partial charge in [0.15, 0.2) is 0 Å². The van der Waals surface area contributed by atoms with E-state index in [9.17, 15) is 0 Å². The summed E-state index contributed by atoms with van der Waals surface area (Å²) >= 11 is 0. The predicted molar refractivity (Wildman–Crippen MR) is 341 cm³/mol. The third kappa shape index (κ3) is 8.36.